The maximum absolute atomic E-state index is 12.1. The summed E-state index contributed by atoms with van der Waals surface area (Å²) >= 11 is 1.34. The lowest BCUT2D eigenvalue weighted by Crippen LogP contribution is -2.43. The smallest absolute Gasteiger partial charge is 0.250 e. The van der Waals surface area contributed by atoms with E-state index in [0.717, 1.165) is 30.8 Å². The van der Waals surface area contributed by atoms with Crippen molar-refractivity contribution >= 4 is 21.4 Å². The lowest BCUT2D eigenvalue weighted by molar-refractivity contribution is 0.270. The average Bonchev–Trinajstić information content (AvgIpc) is 2.73. The maximum atomic E-state index is 12.1. The summed E-state index contributed by atoms with van der Waals surface area (Å²) in [6.07, 6.45) is 1.91. The zero-order chi connectivity index (χ0) is 13.2. The Labute approximate surface area is 113 Å². The molecule has 0 aliphatic heterocycles. The Morgan fingerprint density at radius 1 is 1.39 bits per heavy atom. The first kappa shape index (κ1) is 14.0. The third-order valence-electron chi connectivity index (χ3n) is 3.15. The van der Waals surface area contributed by atoms with Crippen molar-refractivity contribution in [1.29, 1.82) is 0 Å². The molecule has 1 aliphatic carbocycles. The molecule has 2 N–H and O–H groups in total. The highest BCUT2D eigenvalue weighted by Crippen LogP contribution is 2.29. The van der Waals surface area contributed by atoms with E-state index >= 15 is 0 Å². The third-order valence-corrected chi connectivity index (χ3v) is 6.24. The topological polar surface area (TPSA) is 58.2 Å². The second-order valence-corrected chi connectivity index (χ2v) is 8.01. The Morgan fingerprint density at radius 3 is 2.72 bits per heavy atom. The van der Waals surface area contributed by atoms with Crippen molar-refractivity contribution in [2.45, 2.75) is 43.5 Å². The van der Waals surface area contributed by atoms with Crippen LogP contribution >= 0.6 is 11.3 Å². The Balaban J connectivity index is 1.98. The van der Waals surface area contributed by atoms with Gasteiger partial charge in [-0.3, -0.25) is 0 Å². The van der Waals surface area contributed by atoms with E-state index in [-0.39, 0.29) is 6.04 Å². The van der Waals surface area contributed by atoms with Crippen LogP contribution in [0.25, 0.3) is 0 Å². The van der Waals surface area contributed by atoms with E-state index in [2.05, 4.69) is 17.0 Å². The third kappa shape index (κ3) is 3.32. The molecule has 1 heterocycles. The molecule has 0 saturated heterocycles. The monoisotopic (exact) mass is 288 g/mol. The van der Waals surface area contributed by atoms with Crippen molar-refractivity contribution in [2.75, 3.05) is 6.54 Å². The molecule has 0 unspecified atom stereocenters. The summed E-state index contributed by atoms with van der Waals surface area (Å²) in [7, 11) is -3.31. The Morgan fingerprint density at radius 2 is 2.11 bits per heavy atom. The number of thiophene rings is 1. The second-order valence-electron chi connectivity index (χ2n) is 4.90. The summed E-state index contributed by atoms with van der Waals surface area (Å²) in [5.41, 5.74) is 0. The fraction of sp³-hybridized carbons (Fsp3) is 0.667. The van der Waals surface area contributed by atoms with E-state index in [1.807, 2.05) is 13.0 Å². The van der Waals surface area contributed by atoms with E-state index in [0.29, 0.717) is 10.1 Å². The first-order valence-corrected chi connectivity index (χ1v) is 8.63. The number of hydrogen-bond acceptors (Lipinski definition) is 4. The Kier molecular flexibility index (Phi) is 4.42. The van der Waals surface area contributed by atoms with Crippen molar-refractivity contribution in [3.8, 4) is 0 Å². The highest BCUT2D eigenvalue weighted by Gasteiger charge is 2.30. The van der Waals surface area contributed by atoms with Crippen LogP contribution in [0.3, 0.4) is 0 Å². The largest absolute Gasteiger partial charge is 0.312 e. The SMILES string of the molecule is CCNCc1ccc(S(=O)(=O)NC2CC(C)C2)s1. The van der Waals surface area contributed by atoms with Crippen molar-refractivity contribution in [2.24, 2.45) is 5.92 Å². The van der Waals surface area contributed by atoms with Crippen LogP contribution in [-0.2, 0) is 16.6 Å². The fourth-order valence-electron chi connectivity index (χ4n) is 2.12. The van der Waals surface area contributed by atoms with Gasteiger partial charge in [-0.1, -0.05) is 13.8 Å². The quantitative estimate of drug-likeness (QED) is 0.841. The minimum atomic E-state index is -3.31. The highest BCUT2D eigenvalue weighted by molar-refractivity contribution is 7.91. The zero-order valence-electron chi connectivity index (χ0n) is 10.8. The minimum absolute atomic E-state index is 0.129. The van der Waals surface area contributed by atoms with Crippen LogP contribution in [-0.4, -0.2) is 21.0 Å². The molecular weight excluding hydrogens is 268 g/mol. The van der Waals surface area contributed by atoms with Gasteiger partial charge in [0.1, 0.15) is 4.21 Å². The first-order valence-electron chi connectivity index (χ1n) is 6.33. The van der Waals surface area contributed by atoms with Crippen molar-refractivity contribution in [3.05, 3.63) is 17.0 Å². The predicted octanol–water partition coefficient (Wildman–Crippen LogP) is 1.93. The van der Waals surface area contributed by atoms with Gasteiger partial charge in [-0.15, -0.1) is 11.3 Å². The molecule has 0 bridgehead atoms. The highest BCUT2D eigenvalue weighted by atomic mass is 32.2. The standard InChI is InChI=1S/C12H20N2O2S2/c1-3-13-8-11-4-5-12(17-11)18(15,16)14-10-6-9(2)7-10/h4-5,9-10,13-14H,3,6-8H2,1-2H3. The predicted molar refractivity (Wildman–Crippen MR) is 74.2 cm³/mol. The lowest BCUT2D eigenvalue weighted by Gasteiger charge is -2.32. The van der Waals surface area contributed by atoms with Crippen LogP contribution in [0.5, 0.6) is 0 Å². The van der Waals surface area contributed by atoms with Crippen LogP contribution in [0.15, 0.2) is 16.3 Å². The summed E-state index contributed by atoms with van der Waals surface area (Å²) in [5.74, 6) is 0.644. The molecule has 1 saturated carbocycles. The molecular formula is C12H20N2O2S2. The van der Waals surface area contributed by atoms with Crippen LogP contribution < -0.4 is 10.0 Å². The van der Waals surface area contributed by atoms with Gasteiger partial charge in [0.25, 0.3) is 0 Å². The molecule has 4 nitrogen and oxygen atoms in total. The van der Waals surface area contributed by atoms with Crippen LogP contribution in [0.1, 0.15) is 31.6 Å². The van der Waals surface area contributed by atoms with Gasteiger partial charge in [0.05, 0.1) is 0 Å². The molecule has 0 atom stereocenters. The zero-order valence-corrected chi connectivity index (χ0v) is 12.4. The summed E-state index contributed by atoms with van der Waals surface area (Å²) in [6, 6.07) is 3.71. The van der Waals surface area contributed by atoms with Crippen LogP contribution in [0.4, 0.5) is 0 Å². The Hall–Kier alpha value is -0.430. The number of sulfonamides is 1. The van der Waals surface area contributed by atoms with E-state index in [1.165, 1.54) is 11.3 Å². The summed E-state index contributed by atoms with van der Waals surface area (Å²) < 4.78 is 27.4. The van der Waals surface area contributed by atoms with E-state index in [1.54, 1.807) is 6.07 Å². The van der Waals surface area contributed by atoms with Crippen molar-refractivity contribution in [3.63, 3.8) is 0 Å². The normalized spacial score (nSPS) is 23.9. The van der Waals surface area contributed by atoms with Crippen LogP contribution in [0, 0.1) is 5.92 Å². The maximum Gasteiger partial charge on any atom is 0.250 e. The number of rotatable bonds is 6. The number of nitrogens with one attached hydrogen (secondary N) is 2. The molecule has 0 aromatic carbocycles. The Bertz CT molecular complexity index is 490. The minimum Gasteiger partial charge on any atom is -0.312 e. The summed E-state index contributed by atoms with van der Waals surface area (Å²) in [5, 5.41) is 3.19. The molecule has 1 aromatic rings. The van der Waals surface area contributed by atoms with Crippen molar-refractivity contribution in [1.82, 2.24) is 10.0 Å². The van der Waals surface area contributed by atoms with Gasteiger partial charge in [-0.2, -0.15) is 0 Å². The van der Waals surface area contributed by atoms with Gasteiger partial charge in [-0.05, 0) is 37.4 Å². The van der Waals surface area contributed by atoms with Gasteiger partial charge in [0, 0.05) is 17.5 Å². The molecule has 0 spiro atoms. The van der Waals surface area contributed by atoms with Gasteiger partial charge in [0.2, 0.25) is 10.0 Å². The van der Waals surface area contributed by atoms with E-state index in [9.17, 15) is 8.42 Å². The lowest BCUT2D eigenvalue weighted by atomic mass is 9.83. The molecule has 1 aliphatic rings. The molecule has 0 amide bonds. The molecule has 6 heteroatoms. The van der Waals surface area contributed by atoms with E-state index in [4.69, 9.17) is 0 Å². The molecule has 1 fully saturated rings. The molecule has 2 rings (SSSR count). The molecule has 102 valence electrons. The molecule has 1 aromatic heterocycles. The van der Waals surface area contributed by atoms with Crippen LogP contribution in [0.2, 0.25) is 0 Å². The fourth-order valence-corrected chi connectivity index (χ4v) is 4.73. The first-order chi connectivity index (χ1) is 8.51. The summed E-state index contributed by atoms with van der Waals surface area (Å²) in [6.45, 7) is 5.80. The van der Waals surface area contributed by atoms with Gasteiger partial charge >= 0.3 is 0 Å². The second kappa shape index (κ2) is 5.69. The van der Waals surface area contributed by atoms with Gasteiger partial charge in [0.15, 0.2) is 0 Å². The number of hydrogen-bond donors (Lipinski definition) is 2. The molecule has 18 heavy (non-hydrogen) atoms. The average molecular weight is 288 g/mol. The molecule has 0 radical (unpaired) electrons. The summed E-state index contributed by atoms with van der Waals surface area (Å²) in [4.78, 5) is 1.05. The van der Waals surface area contributed by atoms with Gasteiger partial charge in [-0.25, -0.2) is 13.1 Å². The van der Waals surface area contributed by atoms with Gasteiger partial charge < -0.3 is 5.32 Å². The van der Waals surface area contributed by atoms with E-state index < -0.39 is 10.0 Å². The van der Waals surface area contributed by atoms with Crippen molar-refractivity contribution < 1.29 is 8.42 Å².